The van der Waals surface area contributed by atoms with Gasteiger partial charge in [-0.1, -0.05) is 0 Å². The second-order valence-electron chi connectivity index (χ2n) is 1.64. The summed E-state index contributed by atoms with van der Waals surface area (Å²) in [6.07, 6.45) is 0.565. The molecule has 0 aliphatic carbocycles. The smallest absolute Gasteiger partial charge is 0.323 e. The highest BCUT2D eigenvalue weighted by atomic mass is 16.5. The quantitative estimate of drug-likeness (QED) is 0.416. The van der Waals surface area contributed by atoms with E-state index in [9.17, 15) is 4.79 Å². The van der Waals surface area contributed by atoms with Crippen LogP contribution in [-0.2, 0) is 9.53 Å². The molecule has 8 heavy (non-hydrogen) atoms. The molecule has 0 N–H and O–H groups in total. The number of cyclic esters (lactones) is 1. The molecule has 1 rings (SSSR count). The first-order chi connectivity index (χ1) is 3.84. The summed E-state index contributed by atoms with van der Waals surface area (Å²) in [5.41, 5.74) is 0. The van der Waals surface area contributed by atoms with Crippen LogP contribution in [0.15, 0.2) is 0 Å². The van der Waals surface area contributed by atoms with Crippen LogP contribution in [0.25, 0.3) is 0 Å². The van der Waals surface area contributed by atoms with E-state index in [2.05, 4.69) is 4.74 Å². The summed E-state index contributed by atoms with van der Waals surface area (Å²) in [6.45, 7) is 0.414. The Balaban J connectivity index is 2.58. The zero-order valence-electron chi connectivity index (χ0n) is 4.26. The monoisotopic (exact) mass is 111 g/mol. The predicted molar refractivity (Wildman–Crippen MR) is 24.7 cm³/mol. The third-order valence-electron chi connectivity index (χ3n) is 1.09. The van der Waals surface area contributed by atoms with Crippen molar-refractivity contribution in [3.63, 3.8) is 0 Å². The van der Waals surface area contributed by atoms with Gasteiger partial charge in [-0.15, -0.1) is 0 Å². The van der Waals surface area contributed by atoms with Gasteiger partial charge in [0.05, 0.1) is 12.7 Å². The van der Waals surface area contributed by atoms with E-state index in [0.29, 0.717) is 13.0 Å². The van der Waals surface area contributed by atoms with Crippen LogP contribution in [-0.4, -0.2) is 12.6 Å². The van der Waals surface area contributed by atoms with Crippen LogP contribution < -0.4 is 0 Å². The van der Waals surface area contributed by atoms with Crippen LogP contribution in [0.1, 0.15) is 6.42 Å². The number of carbonyl (C=O) groups excluding carboxylic acids is 1. The summed E-state index contributed by atoms with van der Waals surface area (Å²) >= 11 is 0. The highest BCUT2D eigenvalue weighted by molar-refractivity contribution is 5.76. The van der Waals surface area contributed by atoms with E-state index >= 15 is 0 Å². The molecule has 3 nitrogen and oxygen atoms in total. The molecule has 0 radical (unpaired) electrons. The molecule has 1 saturated heterocycles. The Morgan fingerprint density at radius 1 is 1.88 bits per heavy atom. The average molecular weight is 111 g/mol. The highest BCUT2D eigenvalue weighted by Crippen LogP contribution is 2.11. The Labute approximate surface area is 46.9 Å². The number of nitrogens with zero attached hydrogens (tertiary/aromatic N) is 1. The number of hydrogen-bond acceptors (Lipinski definition) is 3. The van der Waals surface area contributed by atoms with Gasteiger partial charge in [-0.25, -0.2) is 0 Å². The van der Waals surface area contributed by atoms with Crippen LogP contribution in [0.3, 0.4) is 0 Å². The van der Waals surface area contributed by atoms with Gasteiger partial charge in [0.25, 0.3) is 0 Å². The second-order valence-corrected chi connectivity index (χ2v) is 1.64. The molecular weight excluding hydrogens is 106 g/mol. The maximum Gasteiger partial charge on any atom is 0.323 e. The zero-order chi connectivity index (χ0) is 5.98. The number of ether oxygens (including phenoxy) is 1. The Bertz CT molecular complexity index is 147. The summed E-state index contributed by atoms with van der Waals surface area (Å²) < 4.78 is 4.49. The molecule has 0 amide bonds. The molecule has 0 aromatic rings. The zero-order valence-corrected chi connectivity index (χ0v) is 4.26. The molecule has 1 aliphatic heterocycles. The maximum absolute atomic E-state index is 10.4. The van der Waals surface area contributed by atoms with Crippen molar-refractivity contribution in [2.24, 2.45) is 5.92 Å². The standard InChI is InChI=1S/C5H5NO2/c6-3-4-1-2-8-5(4)7/h4H,1-2H2. The van der Waals surface area contributed by atoms with E-state index in [1.54, 1.807) is 0 Å². The van der Waals surface area contributed by atoms with Gasteiger partial charge in [0.1, 0.15) is 5.92 Å². The molecule has 0 aromatic carbocycles. The average Bonchev–Trinajstić information content (AvgIpc) is 2.14. The van der Waals surface area contributed by atoms with E-state index < -0.39 is 5.92 Å². The minimum absolute atomic E-state index is 0.368. The van der Waals surface area contributed by atoms with Crippen LogP contribution in [0.5, 0.6) is 0 Å². The summed E-state index contributed by atoms with van der Waals surface area (Å²) in [4.78, 5) is 10.4. The Morgan fingerprint density at radius 3 is 2.88 bits per heavy atom. The van der Waals surface area contributed by atoms with Crippen LogP contribution >= 0.6 is 0 Å². The van der Waals surface area contributed by atoms with Crippen molar-refractivity contribution in [2.75, 3.05) is 6.61 Å². The number of carbonyl (C=O) groups is 1. The van der Waals surface area contributed by atoms with Crippen LogP contribution in [0.2, 0.25) is 0 Å². The molecule has 0 aromatic heterocycles. The van der Waals surface area contributed by atoms with E-state index in [1.807, 2.05) is 6.07 Å². The molecule has 0 spiro atoms. The lowest BCUT2D eigenvalue weighted by atomic mass is 10.1. The summed E-state index contributed by atoms with van der Waals surface area (Å²) in [5, 5.41) is 8.19. The van der Waals surface area contributed by atoms with Gasteiger partial charge in [0.2, 0.25) is 0 Å². The molecular formula is C5H5NO2. The Kier molecular flexibility index (Phi) is 1.17. The SMILES string of the molecule is N#CC1CCOC1=O. The Morgan fingerprint density at radius 2 is 2.62 bits per heavy atom. The number of esters is 1. The highest BCUT2D eigenvalue weighted by Gasteiger charge is 2.25. The van der Waals surface area contributed by atoms with Gasteiger partial charge < -0.3 is 4.74 Å². The predicted octanol–water partition coefficient (Wildman–Crippen LogP) is 0.0731. The lowest BCUT2D eigenvalue weighted by Gasteiger charge is -1.86. The fourth-order valence-corrected chi connectivity index (χ4v) is 0.613. The summed E-state index contributed by atoms with van der Waals surface area (Å²) in [7, 11) is 0. The molecule has 1 unspecified atom stereocenters. The summed E-state index contributed by atoms with van der Waals surface area (Å²) in [5.74, 6) is -0.859. The first-order valence-corrected chi connectivity index (χ1v) is 2.41. The van der Waals surface area contributed by atoms with Gasteiger partial charge in [0, 0.05) is 6.42 Å². The number of rotatable bonds is 0. The van der Waals surface area contributed by atoms with Gasteiger partial charge in [-0.3, -0.25) is 4.79 Å². The topological polar surface area (TPSA) is 50.1 Å². The minimum Gasteiger partial charge on any atom is -0.465 e. The van der Waals surface area contributed by atoms with Crippen molar-refractivity contribution in [1.82, 2.24) is 0 Å². The van der Waals surface area contributed by atoms with Crippen molar-refractivity contribution in [1.29, 1.82) is 5.26 Å². The fourth-order valence-electron chi connectivity index (χ4n) is 0.613. The van der Waals surface area contributed by atoms with Gasteiger partial charge in [-0.2, -0.15) is 5.26 Å². The van der Waals surface area contributed by atoms with E-state index in [0.717, 1.165) is 0 Å². The van der Waals surface area contributed by atoms with Gasteiger partial charge in [0.15, 0.2) is 0 Å². The molecule has 42 valence electrons. The molecule has 1 atom stereocenters. The third-order valence-corrected chi connectivity index (χ3v) is 1.09. The van der Waals surface area contributed by atoms with Crippen molar-refractivity contribution >= 4 is 5.97 Å². The fraction of sp³-hybridized carbons (Fsp3) is 0.600. The van der Waals surface area contributed by atoms with E-state index in [1.165, 1.54) is 0 Å². The lowest BCUT2D eigenvalue weighted by Crippen LogP contribution is -2.03. The largest absolute Gasteiger partial charge is 0.465 e. The van der Waals surface area contributed by atoms with Crippen LogP contribution in [0.4, 0.5) is 0 Å². The normalized spacial score (nSPS) is 26.9. The first-order valence-electron chi connectivity index (χ1n) is 2.41. The molecule has 1 fully saturated rings. The molecule has 0 saturated carbocycles. The lowest BCUT2D eigenvalue weighted by molar-refractivity contribution is -0.139. The first kappa shape index (κ1) is 5.10. The molecule has 1 aliphatic rings. The molecule has 3 heteroatoms. The number of nitriles is 1. The molecule has 1 heterocycles. The third kappa shape index (κ3) is 0.648. The minimum atomic E-state index is -0.491. The number of hydrogen-bond donors (Lipinski definition) is 0. The van der Waals surface area contributed by atoms with E-state index in [4.69, 9.17) is 5.26 Å². The van der Waals surface area contributed by atoms with Gasteiger partial charge in [-0.05, 0) is 0 Å². The molecule has 0 bridgehead atoms. The van der Waals surface area contributed by atoms with Crippen molar-refractivity contribution in [2.45, 2.75) is 6.42 Å². The Hall–Kier alpha value is -1.04. The van der Waals surface area contributed by atoms with Crippen molar-refractivity contribution in [3.05, 3.63) is 0 Å². The maximum atomic E-state index is 10.4. The van der Waals surface area contributed by atoms with Crippen molar-refractivity contribution < 1.29 is 9.53 Å². The van der Waals surface area contributed by atoms with E-state index in [-0.39, 0.29) is 5.97 Å². The van der Waals surface area contributed by atoms with Crippen LogP contribution in [0, 0.1) is 17.2 Å². The van der Waals surface area contributed by atoms with Crippen molar-refractivity contribution in [3.8, 4) is 6.07 Å². The second kappa shape index (κ2) is 1.83. The van der Waals surface area contributed by atoms with Gasteiger partial charge >= 0.3 is 5.97 Å². The summed E-state index contributed by atoms with van der Waals surface area (Å²) in [6, 6.07) is 1.84.